The predicted molar refractivity (Wildman–Crippen MR) is 124 cm³/mol. The number of sulfonamides is 1. The second kappa shape index (κ2) is 9.24. The van der Waals surface area contributed by atoms with E-state index in [0.717, 1.165) is 29.2 Å². The van der Waals surface area contributed by atoms with E-state index < -0.39 is 10.0 Å². The summed E-state index contributed by atoms with van der Waals surface area (Å²) in [6.07, 6.45) is 2.99. The minimum absolute atomic E-state index is 0.136. The number of anilines is 1. The highest BCUT2D eigenvalue weighted by atomic mass is 32.2. The zero-order valence-corrected chi connectivity index (χ0v) is 20.2. The minimum Gasteiger partial charge on any atom is -0.328 e. The summed E-state index contributed by atoms with van der Waals surface area (Å²) in [7, 11) is -3.55. The second-order valence-corrected chi connectivity index (χ2v) is 10.7. The Balaban J connectivity index is 1.49. The van der Waals surface area contributed by atoms with Crippen molar-refractivity contribution in [2.45, 2.75) is 63.8 Å². The fraction of sp³-hybridized carbons (Fsp3) is 0.524. The Morgan fingerprint density at radius 2 is 1.97 bits per heavy atom. The lowest BCUT2D eigenvalue weighted by molar-refractivity contribution is -0.116. The van der Waals surface area contributed by atoms with Crippen molar-refractivity contribution >= 4 is 43.4 Å². The van der Waals surface area contributed by atoms with E-state index in [4.69, 9.17) is 0 Å². The monoisotopic (exact) mass is 476 g/mol. The van der Waals surface area contributed by atoms with Crippen molar-refractivity contribution in [1.82, 2.24) is 24.1 Å². The molecule has 2 heterocycles. The number of fused-ring (bicyclic) bond motifs is 1. The van der Waals surface area contributed by atoms with Gasteiger partial charge < -0.3 is 9.88 Å². The summed E-state index contributed by atoms with van der Waals surface area (Å²) < 4.78 is 29.2. The average Bonchev–Trinajstić information content (AvgIpc) is 3.41. The van der Waals surface area contributed by atoms with Crippen LogP contribution in [-0.2, 0) is 27.8 Å². The van der Waals surface area contributed by atoms with Gasteiger partial charge in [-0.2, -0.15) is 4.31 Å². The summed E-state index contributed by atoms with van der Waals surface area (Å²) in [6.45, 7) is 7.16. The van der Waals surface area contributed by atoms with Crippen LogP contribution in [0.4, 0.5) is 5.13 Å². The third-order valence-corrected chi connectivity index (χ3v) is 8.69. The molecule has 9 nitrogen and oxygen atoms in total. The predicted octanol–water partition coefficient (Wildman–Crippen LogP) is 3.39. The second-order valence-electron chi connectivity index (χ2n) is 7.78. The number of benzene rings is 1. The molecule has 1 aliphatic carbocycles. The summed E-state index contributed by atoms with van der Waals surface area (Å²) in [5.41, 5.74) is 1.48. The van der Waals surface area contributed by atoms with Gasteiger partial charge in [0.1, 0.15) is 10.8 Å². The van der Waals surface area contributed by atoms with Crippen LogP contribution < -0.4 is 5.32 Å². The van der Waals surface area contributed by atoms with Crippen LogP contribution in [0.3, 0.4) is 0 Å². The molecule has 3 aromatic rings. The SMILES string of the molecule is CCN(CC)S(=O)(=O)c1ccc2c(c1)nc(CCC(=O)Nc1nnc(C3CC3)s1)n2CC. The molecule has 0 atom stereocenters. The first-order chi connectivity index (χ1) is 15.4. The van der Waals surface area contributed by atoms with Gasteiger partial charge in [0.25, 0.3) is 0 Å². The van der Waals surface area contributed by atoms with Crippen LogP contribution >= 0.6 is 11.3 Å². The number of aryl methyl sites for hydroxylation is 2. The molecule has 1 N–H and O–H groups in total. The molecule has 1 saturated carbocycles. The molecule has 0 spiro atoms. The van der Waals surface area contributed by atoms with Crippen molar-refractivity contribution < 1.29 is 13.2 Å². The van der Waals surface area contributed by atoms with E-state index in [1.807, 2.05) is 25.3 Å². The Bertz CT molecular complexity index is 1230. The lowest BCUT2D eigenvalue weighted by atomic mass is 10.3. The molecule has 0 radical (unpaired) electrons. The zero-order chi connectivity index (χ0) is 22.9. The first-order valence-corrected chi connectivity index (χ1v) is 13.3. The van der Waals surface area contributed by atoms with Crippen LogP contribution in [0, 0.1) is 0 Å². The van der Waals surface area contributed by atoms with Crippen molar-refractivity contribution in [2.24, 2.45) is 0 Å². The lowest BCUT2D eigenvalue weighted by Gasteiger charge is -2.18. The Morgan fingerprint density at radius 3 is 2.62 bits per heavy atom. The van der Waals surface area contributed by atoms with E-state index in [2.05, 4.69) is 20.5 Å². The van der Waals surface area contributed by atoms with Crippen LogP contribution in [0.5, 0.6) is 0 Å². The normalized spacial score (nSPS) is 14.4. The molecular formula is C21H28N6O3S2. The van der Waals surface area contributed by atoms with Crippen LogP contribution in [-0.4, -0.2) is 51.5 Å². The number of carbonyl (C=O) groups excluding carboxylic acids is 1. The molecule has 11 heteroatoms. The summed E-state index contributed by atoms with van der Waals surface area (Å²) in [6, 6.07) is 5.05. The maximum atomic E-state index is 12.9. The lowest BCUT2D eigenvalue weighted by Crippen LogP contribution is -2.30. The Morgan fingerprint density at radius 1 is 1.22 bits per heavy atom. The molecule has 1 amide bonds. The number of amides is 1. The summed E-state index contributed by atoms with van der Waals surface area (Å²) in [5.74, 6) is 1.13. The molecule has 172 valence electrons. The van der Waals surface area contributed by atoms with Crippen LogP contribution in [0.1, 0.15) is 56.8 Å². The van der Waals surface area contributed by atoms with E-state index in [-0.39, 0.29) is 17.2 Å². The fourth-order valence-electron chi connectivity index (χ4n) is 3.76. The Labute approximate surface area is 191 Å². The maximum absolute atomic E-state index is 12.9. The van der Waals surface area contributed by atoms with Gasteiger partial charge in [-0.05, 0) is 38.0 Å². The van der Waals surface area contributed by atoms with Crippen LogP contribution in [0.2, 0.25) is 0 Å². The number of carbonyl (C=O) groups is 1. The molecular weight excluding hydrogens is 448 g/mol. The molecule has 0 aliphatic heterocycles. The van der Waals surface area contributed by atoms with Gasteiger partial charge in [0.05, 0.1) is 15.9 Å². The first-order valence-electron chi connectivity index (χ1n) is 11.0. The number of nitrogens with zero attached hydrogens (tertiary/aromatic N) is 5. The molecule has 0 saturated heterocycles. The first kappa shape index (κ1) is 22.8. The van der Waals surface area contributed by atoms with Gasteiger partial charge in [-0.3, -0.25) is 4.79 Å². The van der Waals surface area contributed by atoms with Crippen molar-refractivity contribution in [2.75, 3.05) is 18.4 Å². The van der Waals surface area contributed by atoms with Crippen molar-refractivity contribution in [3.63, 3.8) is 0 Å². The fourth-order valence-corrected chi connectivity index (χ4v) is 6.17. The van der Waals surface area contributed by atoms with Crippen LogP contribution in [0.15, 0.2) is 23.1 Å². The van der Waals surface area contributed by atoms with E-state index in [1.54, 1.807) is 18.2 Å². The standard InChI is InChI=1S/C21H28N6O3S2/c1-4-26(5-2)32(29,30)15-9-10-17-16(13-15)22-18(27(17)6-3)11-12-19(28)23-21-25-24-20(31-21)14-7-8-14/h9-10,13-14H,4-8,11-12H2,1-3H3,(H,23,25,28). The number of aromatic nitrogens is 4. The van der Waals surface area contributed by atoms with E-state index in [1.165, 1.54) is 15.6 Å². The van der Waals surface area contributed by atoms with Crippen LogP contribution in [0.25, 0.3) is 11.0 Å². The third-order valence-electron chi connectivity index (χ3n) is 5.65. The summed E-state index contributed by atoms with van der Waals surface area (Å²) in [5, 5.41) is 12.5. The molecule has 0 bridgehead atoms. The van der Waals surface area contributed by atoms with Crippen molar-refractivity contribution in [3.05, 3.63) is 29.0 Å². The van der Waals surface area contributed by atoms with Crippen molar-refractivity contribution in [3.8, 4) is 0 Å². The Hall–Kier alpha value is -2.37. The Kier molecular flexibility index (Phi) is 6.59. The average molecular weight is 477 g/mol. The largest absolute Gasteiger partial charge is 0.328 e. The van der Waals surface area contributed by atoms with Gasteiger partial charge in [0.15, 0.2) is 0 Å². The number of rotatable bonds is 10. The van der Waals surface area contributed by atoms with Gasteiger partial charge in [-0.15, -0.1) is 10.2 Å². The molecule has 0 unspecified atom stereocenters. The summed E-state index contributed by atoms with van der Waals surface area (Å²) >= 11 is 1.44. The summed E-state index contributed by atoms with van der Waals surface area (Å²) in [4.78, 5) is 17.3. The van der Waals surface area contributed by atoms with Gasteiger partial charge in [-0.1, -0.05) is 25.2 Å². The molecule has 1 aliphatic rings. The molecule has 1 aromatic carbocycles. The third kappa shape index (κ3) is 4.55. The number of hydrogen-bond acceptors (Lipinski definition) is 7. The topological polar surface area (TPSA) is 110 Å². The number of imidazole rings is 1. The highest BCUT2D eigenvalue weighted by molar-refractivity contribution is 7.89. The molecule has 4 rings (SSSR count). The van der Waals surface area contributed by atoms with Gasteiger partial charge >= 0.3 is 0 Å². The zero-order valence-electron chi connectivity index (χ0n) is 18.5. The van der Waals surface area contributed by atoms with E-state index in [9.17, 15) is 13.2 Å². The number of hydrogen-bond donors (Lipinski definition) is 1. The quantitative estimate of drug-likeness (QED) is 0.480. The van der Waals surface area contributed by atoms with Gasteiger partial charge in [0, 0.05) is 38.4 Å². The molecule has 32 heavy (non-hydrogen) atoms. The highest BCUT2D eigenvalue weighted by Crippen LogP contribution is 2.42. The van der Waals surface area contributed by atoms with E-state index in [0.29, 0.717) is 42.6 Å². The molecule has 2 aromatic heterocycles. The van der Waals surface area contributed by atoms with Gasteiger partial charge in [0.2, 0.25) is 21.1 Å². The smallest absolute Gasteiger partial charge is 0.243 e. The number of nitrogens with one attached hydrogen (secondary N) is 1. The minimum atomic E-state index is -3.55. The molecule has 1 fully saturated rings. The maximum Gasteiger partial charge on any atom is 0.243 e. The van der Waals surface area contributed by atoms with Gasteiger partial charge in [-0.25, -0.2) is 13.4 Å². The van der Waals surface area contributed by atoms with Crippen molar-refractivity contribution in [1.29, 1.82) is 0 Å². The van der Waals surface area contributed by atoms with E-state index >= 15 is 0 Å². The highest BCUT2D eigenvalue weighted by Gasteiger charge is 2.28.